The number of furan rings is 1. The number of hydrogen-bond acceptors (Lipinski definition) is 4. The lowest BCUT2D eigenvalue weighted by atomic mass is 9.95. The molecule has 0 saturated carbocycles. The van der Waals surface area contributed by atoms with Crippen LogP contribution in [0.15, 0.2) is 186 Å². The number of fused-ring (bicyclic) bond motifs is 10. The van der Waals surface area contributed by atoms with Crippen molar-refractivity contribution in [3.63, 3.8) is 0 Å². The fourth-order valence-electron chi connectivity index (χ4n) is 8.62. The van der Waals surface area contributed by atoms with Crippen molar-refractivity contribution in [3.05, 3.63) is 182 Å². The number of nitrogens with zero attached hydrogens (tertiary/aromatic N) is 4. The summed E-state index contributed by atoms with van der Waals surface area (Å²) in [7, 11) is 0. The van der Waals surface area contributed by atoms with Crippen molar-refractivity contribution in [2.24, 2.45) is 0 Å². The smallest absolute Gasteiger partial charge is 0.238 e. The van der Waals surface area contributed by atoms with Gasteiger partial charge in [-0.25, -0.2) is 4.98 Å². The zero-order chi connectivity index (χ0) is 36.7. The largest absolute Gasteiger partial charge is 0.455 e. The molecule has 0 unspecified atom stereocenters. The van der Waals surface area contributed by atoms with Crippen LogP contribution in [0.5, 0.6) is 0 Å². The summed E-state index contributed by atoms with van der Waals surface area (Å²) >= 11 is 0. The third-order valence-corrected chi connectivity index (χ3v) is 11.2. The summed E-state index contributed by atoms with van der Waals surface area (Å²) in [6.45, 7) is 0. The Kier molecular flexibility index (Phi) is 6.56. The van der Waals surface area contributed by atoms with Crippen LogP contribution in [0.1, 0.15) is 0 Å². The first-order chi connectivity index (χ1) is 27.7. The molecule has 0 aliphatic carbocycles. The van der Waals surface area contributed by atoms with E-state index in [1.54, 1.807) is 0 Å². The normalized spacial score (nSPS) is 11.9. The standard InChI is InChI=1S/C51H30N4O/c1-2-14-31(15-3-1)41-29-36(26-34-18-6-8-20-37(34)41)49-52-50(43-28-35-19-7-9-21-38(35)48-47(43)40-23-11-13-25-46(40)56-48)54-51(53-49)55-44-24-12-10-22-39(44)42-27-32-16-4-5-17-33(32)30-45(42)55/h1-30H. The second-order valence-electron chi connectivity index (χ2n) is 14.4. The Morgan fingerprint density at radius 2 is 1.00 bits per heavy atom. The van der Waals surface area contributed by atoms with Crippen LogP contribution in [0, 0.1) is 0 Å². The molecule has 56 heavy (non-hydrogen) atoms. The maximum absolute atomic E-state index is 6.64. The third kappa shape index (κ3) is 4.64. The lowest BCUT2D eigenvalue weighted by Crippen LogP contribution is -2.06. The molecule has 5 nitrogen and oxygen atoms in total. The number of hydrogen-bond donors (Lipinski definition) is 0. The first-order valence-corrected chi connectivity index (χ1v) is 18.9. The minimum atomic E-state index is 0.551. The molecule has 0 atom stereocenters. The van der Waals surface area contributed by atoms with Crippen LogP contribution >= 0.6 is 0 Å². The highest BCUT2D eigenvalue weighted by Crippen LogP contribution is 2.42. The maximum atomic E-state index is 6.64. The van der Waals surface area contributed by atoms with Crippen LogP contribution < -0.4 is 0 Å². The number of rotatable bonds is 4. The van der Waals surface area contributed by atoms with Gasteiger partial charge in [0.15, 0.2) is 11.6 Å². The second-order valence-corrected chi connectivity index (χ2v) is 14.4. The second kappa shape index (κ2) is 11.9. The van der Waals surface area contributed by atoms with E-state index in [-0.39, 0.29) is 0 Å². The molecule has 0 aliphatic heterocycles. The van der Waals surface area contributed by atoms with Crippen molar-refractivity contribution >= 4 is 76.1 Å². The van der Waals surface area contributed by atoms with Gasteiger partial charge in [0.25, 0.3) is 0 Å². The molecular formula is C51H30N4O. The molecule has 260 valence electrons. The molecule has 0 spiro atoms. The van der Waals surface area contributed by atoms with Crippen LogP contribution in [0.3, 0.4) is 0 Å². The van der Waals surface area contributed by atoms with Crippen molar-refractivity contribution in [1.82, 2.24) is 19.5 Å². The van der Waals surface area contributed by atoms with Gasteiger partial charge in [0.2, 0.25) is 5.95 Å². The molecular weight excluding hydrogens is 685 g/mol. The first-order valence-electron chi connectivity index (χ1n) is 18.9. The van der Waals surface area contributed by atoms with Crippen LogP contribution in [0.4, 0.5) is 0 Å². The molecule has 5 heteroatoms. The number of aromatic nitrogens is 4. The number of benzene rings is 9. The average Bonchev–Trinajstić information content (AvgIpc) is 3.81. The maximum Gasteiger partial charge on any atom is 0.238 e. The molecule has 0 amide bonds. The highest BCUT2D eigenvalue weighted by atomic mass is 16.3. The average molecular weight is 715 g/mol. The van der Waals surface area contributed by atoms with E-state index in [2.05, 4.69) is 174 Å². The lowest BCUT2D eigenvalue weighted by molar-refractivity contribution is 0.672. The van der Waals surface area contributed by atoms with Gasteiger partial charge in [0.1, 0.15) is 11.2 Å². The monoisotopic (exact) mass is 714 g/mol. The molecule has 9 aromatic carbocycles. The molecule has 0 bridgehead atoms. The molecule has 0 saturated heterocycles. The van der Waals surface area contributed by atoms with Gasteiger partial charge in [-0.15, -0.1) is 0 Å². The Morgan fingerprint density at radius 1 is 0.375 bits per heavy atom. The van der Waals surface area contributed by atoms with Crippen LogP contribution in [0.2, 0.25) is 0 Å². The SMILES string of the molecule is c1ccc(-c2cc(-c3nc(-c4cc5ccccc5c5oc6ccccc6c45)nc(-n4c5ccccc5c5cc6ccccc6cc54)n3)cc3ccccc23)cc1. The fraction of sp³-hybridized carbons (Fsp3) is 0. The highest BCUT2D eigenvalue weighted by Gasteiger charge is 2.23. The summed E-state index contributed by atoms with van der Waals surface area (Å²) in [5.74, 6) is 1.72. The minimum absolute atomic E-state index is 0.551. The molecule has 0 N–H and O–H groups in total. The van der Waals surface area contributed by atoms with Crippen LogP contribution in [-0.4, -0.2) is 19.5 Å². The highest BCUT2D eigenvalue weighted by molar-refractivity contribution is 6.21. The van der Waals surface area contributed by atoms with Crippen molar-refractivity contribution in [2.75, 3.05) is 0 Å². The Balaban J connectivity index is 1.22. The van der Waals surface area contributed by atoms with E-state index in [0.29, 0.717) is 17.6 Å². The summed E-state index contributed by atoms with van der Waals surface area (Å²) in [5.41, 5.74) is 7.77. The summed E-state index contributed by atoms with van der Waals surface area (Å²) in [4.78, 5) is 16.2. The van der Waals surface area contributed by atoms with Crippen LogP contribution in [0.25, 0.3) is 116 Å². The Morgan fingerprint density at radius 3 is 1.82 bits per heavy atom. The lowest BCUT2D eigenvalue weighted by Gasteiger charge is -2.14. The van der Waals surface area contributed by atoms with E-state index >= 15 is 0 Å². The van der Waals surface area contributed by atoms with Crippen molar-refractivity contribution in [1.29, 1.82) is 0 Å². The molecule has 3 aromatic heterocycles. The zero-order valence-corrected chi connectivity index (χ0v) is 30.0. The van der Waals surface area contributed by atoms with Gasteiger partial charge in [-0.05, 0) is 80.5 Å². The van der Waals surface area contributed by atoms with E-state index < -0.39 is 0 Å². The van der Waals surface area contributed by atoms with E-state index in [1.165, 1.54) is 10.8 Å². The van der Waals surface area contributed by atoms with Crippen molar-refractivity contribution in [2.45, 2.75) is 0 Å². The van der Waals surface area contributed by atoms with Gasteiger partial charge in [-0.3, -0.25) is 4.57 Å². The van der Waals surface area contributed by atoms with Gasteiger partial charge in [0, 0.05) is 38.1 Å². The topological polar surface area (TPSA) is 56.7 Å². The van der Waals surface area contributed by atoms with Gasteiger partial charge >= 0.3 is 0 Å². The summed E-state index contributed by atoms with van der Waals surface area (Å²) in [6, 6.07) is 63.9. The Bertz CT molecular complexity index is 3540. The van der Waals surface area contributed by atoms with E-state index in [4.69, 9.17) is 19.4 Å². The molecule has 0 aliphatic rings. The van der Waals surface area contributed by atoms with Gasteiger partial charge in [0.05, 0.1) is 11.0 Å². The van der Waals surface area contributed by atoms with E-state index in [9.17, 15) is 0 Å². The zero-order valence-electron chi connectivity index (χ0n) is 30.0. The predicted octanol–water partition coefficient (Wildman–Crippen LogP) is 13.3. The van der Waals surface area contributed by atoms with E-state index in [0.717, 1.165) is 87.5 Å². The van der Waals surface area contributed by atoms with E-state index in [1.807, 2.05) is 12.1 Å². The number of para-hydroxylation sites is 2. The summed E-state index contributed by atoms with van der Waals surface area (Å²) < 4.78 is 8.84. The van der Waals surface area contributed by atoms with Gasteiger partial charge in [-0.2, -0.15) is 9.97 Å². The fourth-order valence-corrected chi connectivity index (χ4v) is 8.62. The van der Waals surface area contributed by atoms with Crippen LogP contribution in [-0.2, 0) is 0 Å². The molecule has 12 rings (SSSR count). The predicted molar refractivity (Wildman–Crippen MR) is 230 cm³/mol. The summed E-state index contributed by atoms with van der Waals surface area (Å²) in [6.07, 6.45) is 0. The first kappa shape index (κ1) is 30.8. The van der Waals surface area contributed by atoms with Crippen molar-refractivity contribution < 1.29 is 4.42 Å². The summed E-state index contributed by atoms with van der Waals surface area (Å²) in [5, 5.41) is 11.0. The molecule has 12 aromatic rings. The van der Waals surface area contributed by atoms with Gasteiger partial charge < -0.3 is 4.42 Å². The Labute approximate surface area is 320 Å². The quantitative estimate of drug-likeness (QED) is 0.182. The Hall–Kier alpha value is -7.63. The third-order valence-electron chi connectivity index (χ3n) is 11.2. The minimum Gasteiger partial charge on any atom is -0.455 e. The van der Waals surface area contributed by atoms with Crippen molar-refractivity contribution in [3.8, 4) is 39.9 Å². The molecule has 0 radical (unpaired) electrons. The molecule has 3 heterocycles. The van der Waals surface area contributed by atoms with Gasteiger partial charge in [-0.1, -0.05) is 140 Å². The molecule has 0 fully saturated rings.